The number of esters is 1. The van der Waals surface area contributed by atoms with Gasteiger partial charge in [-0.3, -0.25) is 4.79 Å². The minimum atomic E-state index is -0.597. The summed E-state index contributed by atoms with van der Waals surface area (Å²) in [5.41, 5.74) is 0.223. The normalized spacial score (nSPS) is 14.0. The Hall–Kier alpha value is -2.04. The summed E-state index contributed by atoms with van der Waals surface area (Å²) in [4.78, 5) is 23.8. The van der Waals surface area contributed by atoms with Gasteiger partial charge in [0.05, 0.1) is 19.1 Å². The largest absolute Gasteiger partial charge is 0.469 e. The smallest absolute Gasteiger partial charge is 0.408 e. The zero-order valence-electron chi connectivity index (χ0n) is 13.2. The highest BCUT2D eigenvalue weighted by Crippen LogP contribution is 2.23. The van der Waals surface area contributed by atoms with Gasteiger partial charge in [-0.05, 0) is 33.3 Å². The molecule has 0 heterocycles. The number of hydrogen-bond acceptors (Lipinski definition) is 4. The predicted molar refractivity (Wildman–Crippen MR) is 79.7 cm³/mol. The van der Waals surface area contributed by atoms with Crippen LogP contribution in [0.1, 0.15) is 39.3 Å². The number of nitrogens with one attached hydrogen (secondary N) is 1. The van der Waals surface area contributed by atoms with Crippen LogP contribution in [-0.2, 0) is 14.3 Å². The first kappa shape index (κ1) is 17.0. The minimum Gasteiger partial charge on any atom is -0.469 e. The molecule has 0 radical (unpaired) electrons. The number of rotatable bonds is 4. The van der Waals surface area contributed by atoms with E-state index in [1.165, 1.54) is 7.11 Å². The van der Waals surface area contributed by atoms with Crippen LogP contribution in [0.25, 0.3) is 0 Å². The Morgan fingerprint density at radius 1 is 1.14 bits per heavy atom. The average molecular weight is 293 g/mol. The zero-order chi connectivity index (χ0) is 16.0. The lowest BCUT2D eigenvalue weighted by atomic mass is 9.94. The summed E-state index contributed by atoms with van der Waals surface area (Å²) >= 11 is 0. The Balaban J connectivity index is 2.93. The summed E-state index contributed by atoms with van der Waals surface area (Å²) in [5.74, 6) is -0.912. The van der Waals surface area contributed by atoms with Gasteiger partial charge in [0, 0.05) is 0 Å². The molecule has 0 bridgehead atoms. The number of benzene rings is 1. The number of carbonyl (C=O) groups excluding carboxylic acids is 2. The molecule has 21 heavy (non-hydrogen) atoms. The molecular weight excluding hydrogens is 270 g/mol. The Morgan fingerprint density at radius 3 is 2.19 bits per heavy atom. The van der Waals surface area contributed by atoms with Gasteiger partial charge < -0.3 is 14.8 Å². The third kappa shape index (κ3) is 5.45. The monoisotopic (exact) mass is 293 g/mol. The summed E-state index contributed by atoms with van der Waals surface area (Å²) < 4.78 is 10.0. The van der Waals surface area contributed by atoms with E-state index in [0.29, 0.717) is 0 Å². The first-order chi connectivity index (χ1) is 9.74. The lowest BCUT2D eigenvalue weighted by Gasteiger charge is -2.26. The van der Waals surface area contributed by atoms with Gasteiger partial charge in [0.1, 0.15) is 5.60 Å². The van der Waals surface area contributed by atoms with Crippen LogP contribution in [-0.4, -0.2) is 24.8 Å². The predicted octanol–water partition coefficient (Wildman–Crippen LogP) is 3.06. The summed E-state index contributed by atoms with van der Waals surface area (Å²) in [6.07, 6.45) is -0.563. The molecule has 5 nitrogen and oxygen atoms in total. The van der Waals surface area contributed by atoms with Gasteiger partial charge in [0.15, 0.2) is 0 Å². The Labute approximate surface area is 125 Å². The third-order valence-corrected chi connectivity index (χ3v) is 2.90. The van der Waals surface area contributed by atoms with Crippen molar-refractivity contribution in [2.24, 2.45) is 5.92 Å². The van der Waals surface area contributed by atoms with E-state index in [1.54, 1.807) is 27.7 Å². The topological polar surface area (TPSA) is 64.6 Å². The second kappa shape index (κ2) is 7.11. The number of ether oxygens (including phenoxy) is 2. The van der Waals surface area contributed by atoms with Crippen LogP contribution in [0, 0.1) is 5.92 Å². The van der Waals surface area contributed by atoms with E-state index in [2.05, 4.69) is 5.32 Å². The standard InChI is InChI=1S/C16H23NO4/c1-11(14(18)20-5)13(12-9-7-6-8-10-12)17-15(19)21-16(2,3)4/h6-11,13H,1-5H3,(H,17,19)/t11-,13-/m0/s1. The molecule has 1 N–H and O–H groups in total. The Bertz CT molecular complexity index is 479. The van der Waals surface area contributed by atoms with E-state index in [-0.39, 0.29) is 5.97 Å². The molecule has 0 fully saturated rings. The molecule has 1 amide bonds. The van der Waals surface area contributed by atoms with Crippen molar-refractivity contribution in [3.05, 3.63) is 35.9 Å². The summed E-state index contributed by atoms with van der Waals surface area (Å²) in [7, 11) is 1.33. The molecule has 0 saturated heterocycles. The highest BCUT2D eigenvalue weighted by Gasteiger charge is 2.29. The van der Waals surface area contributed by atoms with Crippen molar-refractivity contribution in [3.63, 3.8) is 0 Å². The van der Waals surface area contributed by atoms with Gasteiger partial charge in [0.25, 0.3) is 0 Å². The fourth-order valence-electron chi connectivity index (χ4n) is 1.91. The quantitative estimate of drug-likeness (QED) is 0.867. The van der Waals surface area contributed by atoms with Crippen molar-refractivity contribution in [1.82, 2.24) is 5.32 Å². The average Bonchev–Trinajstić information content (AvgIpc) is 2.42. The van der Waals surface area contributed by atoms with Crippen LogP contribution >= 0.6 is 0 Å². The number of methoxy groups -OCH3 is 1. The molecule has 0 aliphatic rings. The minimum absolute atomic E-state index is 0.389. The molecule has 0 unspecified atom stereocenters. The van der Waals surface area contributed by atoms with Crippen molar-refractivity contribution < 1.29 is 19.1 Å². The van der Waals surface area contributed by atoms with E-state index >= 15 is 0 Å². The molecule has 1 rings (SSSR count). The highest BCUT2D eigenvalue weighted by molar-refractivity contribution is 5.75. The van der Waals surface area contributed by atoms with Crippen molar-refractivity contribution >= 4 is 12.1 Å². The van der Waals surface area contributed by atoms with Crippen LogP contribution < -0.4 is 5.32 Å². The molecule has 0 saturated carbocycles. The molecule has 1 aromatic rings. The fraction of sp³-hybridized carbons (Fsp3) is 0.500. The molecule has 0 spiro atoms. The van der Waals surface area contributed by atoms with Gasteiger partial charge in [-0.2, -0.15) is 0 Å². The van der Waals surface area contributed by atoms with Gasteiger partial charge in [-0.15, -0.1) is 0 Å². The fourth-order valence-corrected chi connectivity index (χ4v) is 1.91. The van der Waals surface area contributed by atoms with E-state index in [9.17, 15) is 9.59 Å². The summed E-state index contributed by atoms with van der Waals surface area (Å²) in [6, 6.07) is 8.76. The lowest BCUT2D eigenvalue weighted by Crippen LogP contribution is -2.39. The van der Waals surface area contributed by atoms with Crippen LogP contribution in [0.2, 0.25) is 0 Å². The SMILES string of the molecule is COC(=O)[C@@H](C)[C@H](NC(=O)OC(C)(C)C)c1ccccc1. The highest BCUT2D eigenvalue weighted by atomic mass is 16.6. The van der Waals surface area contributed by atoms with E-state index < -0.39 is 23.7 Å². The van der Waals surface area contributed by atoms with Crippen LogP contribution in [0.15, 0.2) is 30.3 Å². The summed E-state index contributed by atoms with van der Waals surface area (Å²) in [5, 5.41) is 2.74. The summed E-state index contributed by atoms with van der Waals surface area (Å²) in [6.45, 7) is 7.07. The van der Waals surface area contributed by atoms with E-state index in [4.69, 9.17) is 9.47 Å². The maximum Gasteiger partial charge on any atom is 0.408 e. The maximum atomic E-state index is 12.0. The number of amides is 1. The van der Waals surface area contributed by atoms with Gasteiger partial charge in [-0.1, -0.05) is 30.3 Å². The lowest BCUT2D eigenvalue weighted by molar-refractivity contribution is -0.145. The van der Waals surface area contributed by atoms with Crippen molar-refractivity contribution in [3.8, 4) is 0 Å². The molecule has 116 valence electrons. The van der Waals surface area contributed by atoms with Crippen LogP contribution in [0.5, 0.6) is 0 Å². The van der Waals surface area contributed by atoms with Crippen molar-refractivity contribution in [2.75, 3.05) is 7.11 Å². The molecule has 1 aromatic carbocycles. The molecule has 0 aromatic heterocycles. The number of carbonyl (C=O) groups is 2. The van der Waals surface area contributed by atoms with Gasteiger partial charge in [0.2, 0.25) is 0 Å². The van der Waals surface area contributed by atoms with Crippen LogP contribution in [0.3, 0.4) is 0 Å². The molecule has 2 atom stereocenters. The second-order valence-electron chi connectivity index (χ2n) is 5.85. The maximum absolute atomic E-state index is 12.0. The Kier molecular flexibility index (Phi) is 5.76. The third-order valence-electron chi connectivity index (χ3n) is 2.90. The van der Waals surface area contributed by atoms with Gasteiger partial charge in [-0.25, -0.2) is 4.79 Å². The second-order valence-corrected chi connectivity index (χ2v) is 5.85. The van der Waals surface area contributed by atoms with Gasteiger partial charge >= 0.3 is 12.1 Å². The molecule has 5 heteroatoms. The number of hydrogen-bond donors (Lipinski definition) is 1. The molecule has 0 aliphatic carbocycles. The van der Waals surface area contributed by atoms with E-state index in [1.807, 2.05) is 30.3 Å². The first-order valence-corrected chi connectivity index (χ1v) is 6.87. The first-order valence-electron chi connectivity index (χ1n) is 6.87. The molecule has 0 aliphatic heterocycles. The Morgan fingerprint density at radius 2 is 1.71 bits per heavy atom. The van der Waals surface area contributed by atoms with Crippen molar-refractivity contribution in [1.29, 1.82) is 0 Å². The zero-order valence-corrected chi connectivity index (χ0v) is 13.2. The van der Waals surface area contributed by atoms with E-state index in [0.717, 1.165) is 5.56 Å². The molecular formula is C16H23NO4. The van der Waals surface area contributed by atoms with Crippen molar-refractivity contribution in [2.45, 2.75) is 39.3 Å². The van der Waals surface area contributed by atoms with Crippen LogP contribution in [0.4, 0.5) is 4.79 Å². The number of alkyl carbamates (subject to hydrolysis) is 1.